The Hall–Kier alpha value is -0.120. The lowest BCUT2D eigenvalue weighted by Crippen LogP contribution is -2.39. The molecule has 78 valence electrons. The largest absolute Gasteiger partial charge is 0.396 e. The second-order valence-electron chi connectivity index (χ2n) is 4.07. The van der Waals surface area contributed by atoms with Crippen molar-refractivity contribution in [2.75, 3.05) is 33.4 Å². The van der Waals surface area contributed by atoms with Gasteiger partial charge in [-0.15, -0.1) is 0 Å². The number of aliphatic hydroxyl groups is 1. The maximum Gasteiger partial charge on any atom is 0.0480 e. The van der Waals surface area contributed by atoms with E-state index >= 15 is 0 Å². The summed E-state index contributed by atoms with van der Waals surface area (Å²) in [6.07, 6.45) is 2.27. The number of aliphatic hydroxyl groups excluding tert-OH is 1. The normalized spacial score (nSPS) is 22.2. The van der Waals surface area contributed by atoms with Crippen molar-refractivity contribution < 1.29 is 9.84 Å². The van der Waals surface area contributed by atoms with Crippen molar-refractivity contribution in [3.8, 4) is 0 Å². The van der Waals surface area contributed by atoms with E-state index in [1.165, 1.54) is 0 Å². The fourth-order valence-corrected chi connectivity index (χ4v) is 1.82. The molecular weight excluding hydrogens is 166 g/mol. The summed E-state index contributed by atoms with van der Waals surface area (Å²) < 4.78 is 5.31. The predicted octanol–water partition coefficient (Wildman–Crippen LogP) is 0.726. The van der Waals surface area contributed by atoms with Crippen molar-refractivity contribution in [3.05, 3.63) is 0 Å². The van der Waals surface area contributed by atoms with E-state index in [9.17, 15) is 0 Å². The summed E-state index contributed by atoms with van der Waals surface area (Å²) in [6.45, 7) is 5.13. The van der Waals surface area contributed by atoms with Gasteiger partial charge < -0.3 is 14.7 Å². The molecule has 0 aromatic rings. The zero-order valence-electron chi connectivity index (χ0n) is 8.70. The zero-order valence-corrected chi connectivity index (χ0v) is 8.70. The highest BCUT2D eigenvalue weighted by atomic mass is 16.5. The van der Waals surface area contributed by atoms with E-state index in [-0.39, 0.29) is 6.61 Å². The monoisotopic (exact) mass is 187 g/mol. The first-order valence-corrected chi connectivity index (χ1v) is 5.13. The molecule has 0 spiro atoms. The Balaban J connectivity index is 2.24. The van der Waals surface area contributed by atoms with Gasteiger partial charge in [-0.05, 0) is 25.8 Å². The molecule has 1 unspecified atom stereocenters. The minimum absolute atomic E-state index is 0.285. The van der Waals surface area contributed by atoms with E-state index in [2.05, 4.69) is 18.9 Å². The Bertz CT molecular complexity index is 135. The Morgan fingerprint density at radius 1 is 1.46 bits per heavy atom. The molecule has 1 heterocycles. The topological polar surface area (TPSA) is 32.7 Å². The molecule has 0 aromatic heterocycles. The summed E-state index contributed by atoms with van der Waals surface area (Å²) in [7, 11) is 2.14. The van der Waals surface area contributed by atoms with Crippen LogP contribution in [0, 0.1) is 5.92 Å². The van der Waals surface area contributed by atoms with Crippen LogP contribution in [-0.4, -0.2) is 49.5 Å². The van der Waals surface area contributed by atoms with E-state index < -0.39 is 0 Å². The van der Waals surface area contributed by atoms with Crippen LogP contribution in [0.25, 0.3) is 0 Å². The molecule has 1 rings (SSSR count). The van der Waals surface area contributed by atoms with Crippen LogP contribution in [0.5, 0.6) is 0 Å². The first-order chi connectivity index (χ1) is 6.24. The van der Waals surface area contributed by atoms with Gasteiger partial charge in [0.25, 0.3) is 0 Å². The smallest absolute Gasteiger partial charge is 0.0480 e. The van der Waals surface area contributed by atoms with Crippen molar-refractivity contribution >= 4 is 0 Å². The van der Waals surface area contributed by atoms with Crippen LogP contribution in [0.4, 0.5) is 0 Å². The third-order valence-corrected chi connectivity index (χ3v) is 2.73. The van der Waals surface area contributed by atoms with E-state index in [0.29, 0.717) is 12.0 Å². The average molecular weight is 187 g/mol. The minimum Gasteiger partial charge on any atom is -0.396 e. The van der Waals surface area contributed by atoms with Gasteiger partial charge in [-0.3, -0.25) is 0 Å². The fourth-order valence-electron chi connectivity index (χ4n) is 1.82. The molecule has 0 amide bonds. The number of ether oxygens (including phenoxy) is 1. The van der Waals surface area contributed by atoms with Crippen LogP contribution in [0.3, 0.4) is 0 Å². The summed E-state index contributed by atoms with van der Waals surface area (Å²) in [5.41, 5.74) is 0. The Morgan fingerprint density at radius 3 is 2.62 bits per heavy atom. The van der Waals surface area contributed by atoms with Gasteiger partial charge in [0, 0.05) is 32.4 Å². The van der Waals surface area contributed by atoms with Gasteiger partial charge in [-0.2, -0.15) is 0 Å². The Kier molecular flexibility index (Phi) is 4.70. The van der Waals surface area contributed by atoms with E-state index in [1.54, 1.807) is 0 Å². The van der Waals surface area contributed by atoms with Crippen molar-refractivity contribution in [1.82, 2.24) is 4.90 Å². The van der Waals surface area contributed by atoms with Crippen LogP contribution >= 0.6 is 0 Å². The van der Waals surface area contributed by atoms with Crippen LogP contribution in [0.1, 0.15) is 19.8 Å². The molecule has 0 radical (unpaired) electrons. The number of rotatable bonds is 4. The van der Waals surface area contributed by atoms with Crippen LogP contribution in [-0.2, 0) is 4.74 Å². The summed E-state index contributed by atoms with van der Waals surface area (Å²) in [6, 6.07) is 0.655. The molecule has 0 saturated carbocycles. The second kappa shape index (κ2) is 5.58. The lowest BCUT2D eigenvalue weighted by atomic mass is 10.1. The van der Waals surface area contributed by atoms with Crippen molar-refractivity contribution in [1.29, 1.82) is 0 Å². The highest BCUT2D eigenvalue weighted by Gasteiger charge is 2.19. The zero-order chi connectivity index (χ0) is 9.68. The van der Waals surface area contributed by atoms with Gasteiger partial charge in [0.2, 0.25) is 0 Å². The van der Waals surface area contributed by atoms with E-state index in [1.807, 2.05) is 0 Å². The Morgan fingerprint density at radius 2 is 2.08 bits per heavy atom. The van der Waals surface area contributed by atoms with Crippen LogP contribution < -0.4 is 0 Å². The number of hydrogen-bond donors (Lipinski definition) is 1. The SMILES string of the molecule is CC(CO)CN(C)C1CCOCC1. The van der Waals surface area contributed by atoms with Gasteiger partial charge >= 0.3 is 0 Å². The molecule has 13 heavy (non-hydrogen) atoms. The molecule has 0 aromatic carbocycles. The third kappa shape index (κ3) is 3.63. The molecule has 0 bridgehead atoms. The van der Waals surface area contributed by atoms with Gasteiger partial charge in [0.05, 0.1) is 0 Å². The molecule has 0 aliphatic carbocycles. The summed E-state index contributed by atoms with van der Waals surface area (Å²) in [4.78, 5) is 2.35. The average Bonchev–Trinajstić information content (AvgIpc) is 2.19. The van der Waals surface area contributed by atoms with Crippen LogP contribution in [0.2, 0.25) is 0 Å². The van der Waals surface area contributed by atoms with E-state index in [0.717, 1.165) is 32.6 Å². The van der Waals surface area contributed by atoms with Gasteiger partial charge in [-0.1, -0.05) is 6.92 Å². The first kappa shape index (κ1) is 11.0. The van der Waals surface area contributed by atoms with Crippen molar-refractivity contribution in [2.24, 2.45) is 5.92 Å². The third-order valence-electron chi connectivity index (χ3n) is 2.73. The van der Waals surface area contributed by atoms with Crippen molar-refractivity contribution in [2.45, 2.75) is 25.8 Å². The highest BCUT2D eigenvalue weighted by Crippen LogP contribution is 2.13. The van der Waals surface area contributed by atoms with Crippen LogP contribution in [0.15, 0.2) is 0 Å². The number of nitrogens with zero attached hydrogens (tertiary/aromatic N) is 1. The minimum atomic E-state index is 0.285. The predicted molar refractivity (Wildman–Crippen MR) is 52.7 cm³/mol. The second-order valence-corrected chi connectivity index (χ2v) is 4.07. The summed E-state index contributed by atoms with van der Waals surface area (Å²) in [5.74, 6) is 0.382. The molecule has 3 nitrogen and oxygen atoms in total. The number of hydrogen-bond acceptors (Lipinski definition) is 3. The summed E-state index contributed by atoms with van der Waals surface area (Å²) in [5, 5.41) is 8.93. The fraction of sp³-hybridized carbons (Fsp3) is 1.00. The molecule has 1 fully saturated rings. The molecule has 1 atom stereocenters. The highest BCUT2D eigenvalue weighted by molar-refractivity contribution is 4.73. The first-order valence-electron chi connectivity index (χ1n) is 5.13. The van der Waals surface area contributed by atoms with Crippen molar-refractivity contribution in [3.63, 3.8) is 0 Å². The molecule has 3 heteroatoms. The molecular formula is C10H21NO2. The lowest BCUT2D eigenvalue weighted by molar-refractivity contribution is 0.0358. The molecule has 1 aliphatic heterocycles. The molecule has 1 saturated heterocycles. The standard InChI is InChI=1S/C10H21NO2/c1-9(8-12)7-11(2)10-3-5-13-6-4-10/h9-10,12H,3-8H2,1-2H3. The van der Waals surface area contributed by atoms with E-state index in [4.69, 9.17) is 9.84 Å². The molecule has 1 N–H and O–H groups in total. The van der Waals surface area contributed by atoms with Gasteiger partial charge in [-0.25, -0.2) is 0 Å². The Labute approximate surface area is 80.7 Å². The maximum absolute atomic E-state index is 8.93. The van der Waals surface area contributed by atoms with Gasteiger partial charge in [0.15, 0.2) is 0 Å². The van der Waals surface area contributed by atoms with Gasteiger partial charge in [0.1, 0.15) is 0 Å². The maximum atomic E-state index is 8.93. The molecule has 1 aliphatic rings. The quantitative estimate of drug-likeness (QED) is 0.704. The lowest BCUT2D eigenvalue weighted by Gasteiger charge is -2.32. The summed E-state index contributed by atoms with van der Waals surface area (Å²) >= 11 is 0.